The fourth-order valence-electron chi connectivity index (χ4n) is 3.50. The first-order chi connectivity index (χ1) is 10.2. The van der Waals surface area contributed by atoms with Gasteiger partial charge in [-0.2, -0.15) is 0 Å². The minimum atomic E-state index is 0.283. The number of carbonyl (C=O) groups excluding carboxylic acids is 1. The molecule has 122 valence electrons. The standard InChI is InChI=1S/C16H31N3O2/c1-2-14-5-7-18(15(12-14)13-17)6-3-4-16(20)19-8-10-21-11-9-19/h14-15H,2-13,17H2,1H3. The van der Waals surface area contributed by atoms with E-state index in [1.54, 1.807) is 0 Å². The van der Waals surface area contributed by atoms with Gasteiger partial charge in [0, 0.05) is 32.1 Å². The van der Waals surface area contributed by atoms with Gasteiger partial charge in [-0.15, -0.1) is 0 Å². The van der Waals surface area contributed by atoms with Gasteiger partial charge >= 0.3 is 0 Å². The van der Waals surface area contributed by atoms with Gasteiger partial charge in [-0.05, 0) is 38.3 Å². The fourth-order valence-corrected chi connectivity index (χ4v) is 3.50. The van der Waals surface area contributed by atoms with Crippen LogP contribution in [0.15, 0.2) is 0 Å². The molecule has 0 aliphatic carbocycles. The number of nitrogens with zero attached hydrogens (tertiary/aromatic N) is 2. The zero-order chi connectivity index (χ0) is 15.1. The molecular formula is C16H31N3O2. The normalized spacial score (nSPS) is 27.8. The molecule has 1 amide bonds. The molecule has 2 saturated heterocycles. The van der Waals surface area contributed by atoms with E-state index in [2.05, 4.69) is 11.8 Å². The van der Waals surface area contributed by atoms with Gasteiger partial charge in [-0.1, -0.05) is 13.3 Å². The lowest BCUT2D eigenvalue weighted by Crippen LogP contribution is -2.47. The third kappa shape index (κ3) is 4.94. The Hall–Kier alpha value is -0.650. The highest BCUT2D eigenvalue weighted by atomic mass is 16.5. The van der Waals surface area contributed by atoms with Crippen molar-refractivity contribution in [2.24, 2.45) is 11.7 Å². The van der Waals surface area contributed by atoms with Crippen molar-refractivity contribution >= 4 is 5.91 Å². The first-order valence-electron chi connectivity index (χ1n) is 8.54. The second-order valence-corrected chi connectivity index (χ2v) is 6.32. The van der Waals surface area contributed by atoms with E-state index < -0.39 is 0 Å². The quantitative estimate of drug-likeness (QED) is 0.797. The third-order valence-electron chi connectivity index (χ3n) is 5.00. The van der Waals surface area contributed by atoms with Crippen molar-refractivity contribution in [3.05, 3.63) is 0 Å². The Morgan fingerprint density at radius 1 is 1.29 bits per heavy atom. The van der Waals surface area contributed by atoms with Crippen LogP contribution in [0.5, 0.6) is 0 Å². The first kappa shape index (κ1) is 16.7. The molecule has 2 heterocycles. The number of ether oxygens (including phenoxy) is 1. The Kier molecular flexibility index (Phi) is 6.93. The highest BCUT2D eigenvalue weighted by Gasteiger charge is 2.26. The predicted molar refractivity (Wildman–Crippen MR) is 84.1 cm³/mol. The lowest BCUT2D eigenvalue weighted by molar-refractivity contribution is -0.135. The molecule has 0 aromatic heterocycles. The minimum Gasteiger partial charge on any atom is -0.378 e. The molecule has 2 unspecified atom stereocenters. The van der Waals surface area contributed by atoms with E-state index in [-0.39, 0.29) is 5.91 Å². The molecule has 21 heavy (non-hydrogen) atoms. The lowest BCUT2D eigenvalue weighted by Gasteiger charge is -2.39. The second kappa shape index (κ2) is 8.71. The smallest absolute Gasteiger partial charge is 0.222 e. The van der Waals surface area contributed by atoms with Crippen molar-refractivity contribution < 1.29 is 9.53 Å². The van der Waals surface area contributed by atoms with Crippen LogP contribution in [0.25, 0.3) is 0 Å². The summed E-state index contributed by atoms with van der Waals surface area (Å²) in [6, 6.07) is 0.516. The van der Waals surface area contributed by atoms with Gasteiger partial charge < -0.3 is 15.4 Å². The maximum Gasteiger partial charge on any atom is 0.222 e. The first-order valence-corrected chi connectivity index (χ1v) is 8.54. The SMILES string of the molecule is CCC1CCN(CCCC(=O)N2CCOCC2)C(CN)C1. The van der Waals surface area contributed by atoms with Crippen LogP contribution in [-0.4, -0.2) is 67.7 Å². The number of likely N-dealkylation sites (tertiary alicyclic amines) is 1. The molecule has 0 spiro atoms. The fraction of sp³-hybridized carbons (Fsp3) is 0.938. The molecular weight excluding hydrogens is 266 g/mol. The number of hydrogen-bond donors (Lipinski definition) is 1. The summed E-state index contributed by atoms with van der Waals surface area (Å²) in [7, 11) is 0. The Morgan fingerprint density at radius 2 is 2.05 bits per heavy atom. The predicted octanol–water partition coefficient (Wildman–Crippen LogP) is 1.07. The van der Waals surface area contributed by atoms with Crippen molar-refractivity contribution in [3.8, 4) is 0 Å². The van der Waals surface area contributed by atoms with Crippen LogP contribution in [0.2, 0.25) is 0 Å². The molecule has 0 radical (unpaired) electrons. The van der Waals surface area contributed by atoms with Crippen molar-refractivity contribution in [2.75, 3.05) is 45.9 Å². The van der Waals surface area contributed by atoms with E-state index in [9.17, 15) is 4.79 Å². The Balaban J connectivity index is 1.68. The molecule has 0 aromatic rings. The zero-order valence-electron chi connectivity index (χ0n) is 13.4. The number of nitrogens with two attached hydrogens (primary N) is 1. The minimum absolute atomic E-state index is 0.283. The molecule has 2 N–H and O–H groups in total. The number of carbonyl (C=O) groups is 1. The third-order valence-corrected chi connectivity index (χ3v) is 5.00. The zero-order valence-corrected chi connectivity index (χ0v) is 13.4. The van der Waals surface area contributed by atoms with Gasteiger partial charge in [-0.3, -0.25) is 9.69 Å². The van der Waals surface area contributed by atoms with E-state index >= 15 is 0 Å². The number of rotatable bonds is 6. The van der Waals surface area contributed by atoms with Crippen molar-refractivity contribution in [1.82, 2.24) is 9.80 Å². The summed E-state index contributed by atoms with van der Waals surface area (Å²) >= 11 is 0. The van der Waals surface area contributed by atoms with Gasteiger partial charge in [0.2, 0.25) is 5.91 Å². The average molecular weight is 297 g/mol. The van der Waals surface area contributed by atoms with Gasteiger partial charge in [-0.25, -0.2) is 0 Å². The maximum absolute atomic E-state index is 12.1. The Bertz CT molecular complexity index is 319. The van der Waals surface area contributed by atoms with Crippen LogP contribution in [0.4, 0.5) is 0 Å². The number of hydrogen-bond acceptors (Lipinski definition) is 4. The Labute approximate surface area is 128 Å². The topological polar surface area (TPSA) is 58.8 Å². The summed E-state index contributed by atoms with van der Waals surface area (Å²) in [6.07, 6.45) is 5.38. The summed E-state index contributed by atoms with van der Waals surface area (Å²) in [5.74, 6) is 1.12. The van der Waals surface area contributed by atoms with E-state index in [1.807, 2.05) is 4.90 Å². The number of amides is 1. The second-order valence-electron chi connectivity index (χ2n) is 6.32. The van der Waals surface area contributed by atoms with Crippen LogP contribution < -0.4 is 5.73 Å². The number of morpholine rings is 1. The van der Waals surface area contributed by atoms with Crippen LogP contribution in [-0.2, 0) is 9.53 Å². The maximum atomic E-state index is 12.1. The van der Waals surface area contributed by atoms with Crippen LogP contribution in [0, 0.1) is 5.92 Å². The summed E-state index contributed by atoms with van der Waals surface area (Å²) in [4.78, 5) is 16.6. The van der Waals surface area contributed by atoms with Gasteiger partial charge in [0.05, 0.1) is 13.2 Å². The van der Waals surface area contributed by atoms with Crippen LogP contribution in [0.3, 0.4) is 0 Å². The van der Waals surface area contributed by atoms with E-state index in [1.165, 1.54) is 19.3 Å². The monoisotopic (exact) mass is 297 g/mol. The van der Waals surface area contributed by atoms with Crippen LogP contribution in [0.1, 0.15) is 39.0 Å². The molecule has 0 bridgehead atoms. The van der Waals surface area contributed by atoms with E-state index in [0.29, 0.717) is 25.7 Å². The van der Waals surface area contributed by atoms with Crippen molar-refractivity contribution in [2.45, 2.75) is 45.1 Å². The Morgan fingerprint density at radius 3 is 2.71 bits per heavy atom. The highest BCUT2D eigenvalue weighted by Crippen LogP contribution is 2.25. The molecule has 2 rings (SSSR count). The molecule has 5 heteroatoms. The molecule has 2 fully saturated rings. The van der Waals surface area contributed by atoms with Gasteiger partial charge in [0.25, 0.3) is 0 Å². The highest BCUT2D eigenvalue weighted by molar-refractivity contribution is 5.76. The molecule has 0 aromatic carbocycles. The molecule has 5 nitrogen and oxygen atoms in total. The van der Waals surface area contributed by atoms with Crippen molar-refractivity contribution in [3.63, 3.8) is 0 Å². The summed E-state index contributed by atoms with van der Waals surface area (Å²) < 4.78 is 5.28. The molecule has 2 aliphatic rings. The number of piperidine rings is 1. The van der Waals surface area contributed by atoms with E-state index in [4.69, 9.17) is 10.5 Å². The van der Waals surface area contributed by atoms with Crippen molar-refractivity contribution in [1.29, 1.82) is 0 Å². The molecule has 2 aliphatic heterocycles. The van der Waals surface area contributed by atoms with Gasteiger partial charge in [0.1, 0.15) is 0 Å². The molecule has 0 saturated carbocycles. The average Bonchev–Trinajstić information content (AvgIpc) is 2.55. The summed E-state index contributed by atoms with van der Waals surface area (Å²) in [5.41, 5.74) is 5.93. The van der Waals surface area contributed by atoms with E-state index in [0.717, 1.165) is 45.1 Å². The summed E-state index contributed by atoms with van der Waals surface area (Å²) in [5, 5.41) is 0. The van der Waals surface area contributed by atoms with Gasteiger partial charge in [0.15, 0.2) is 0 Å². The largest absolute Gasteiger partial charge is 0.378 e. The van der Waals surface area contributed by atoms with Crippen LogP contribution >= 0.6 is 0 Å². The lowest BCUT2D eigenvalue weighted by atomic mass is 9.89. The molecule has 2 atom stereocenters. The summed E-state index contributed by atoms with van der Waals surface area (Å²) in [6.45, 7) is 8.05.